The van der Waals surface area contributed by atoms with Crippen LogP contribution in [0.15, 0.2) is 0 Å². The van der Waals surface area contributed by atoms with Gasteiger partial charge in [0.05, 0.1) is 5.75 Å². The van der Waals surface area contributed by atoms with Gasteiger partial charge in [0.1, 0.15) is 0 Å². The van der Waals surface area contributed by atoms with E-state index in [9.17, 15) is 8.42 Å². The smallest absolute Gasteiger partial charge is 0.214 e. The summed E-state index contributed by atoms with van der Waals surface area (Å²) in [7, 11) is -2.96. The van der Waals surface area contributed by atoms with Crippen molar-refractivity contribution >= 4 is 10.0 Å². The lowest BCUT2D eigenvalue weighted by Gasteiger charge is -2.23. The Hall–Kier alpha value is -0.130. The topological polar surface area (TPSA) is 63.4 Å². The molecule has 0 aromatic carbocycles. The average molecular weight is 192 g/mol. The van der Waals surface area contributed by atoms with Gasteiger partial charge in [-0.05, 0) is 12.8 Å². The van der Waals surface area contributed by atoms with Gasteiger partial charge in [-0.1, -0.05) is 6.92 Å². The zero-order chi connectivity index (χ0) is 9.19. The first-order chi connectivity index (χ1) is 5.61. The predicted octanol–water partition coefficient (Wildman–Crippen LogP) is -0.241. The van der Waals surface area contributed by atoms with Crippen LogP contribution in [0.3, 0.4) is 0 Å². The van der Waals surface area contributed by atoms with Gasteiger partial charge < -0.3 is 5.73 Å². The number of nitrogens with zero attached hydrogens (tertiary/aromatic N) is 1. The minimum Gasteiger partial charge on any atom is -0.329 e. The van der Waals surface area contributed by atoms with Crippen LogP contribution in [0.1, 0.15) is 19.8 Å². The zero-order valence-electron chi connectivity index (χ0n) is 7.36. The summed E-state index contributed by atoms with van der Waals surface area (Å²) in [5.41, 5.74) is 5.48. The van der Waals surface area contributed by atoms with Crippen molar-refractivity contribution in [2.24, 2.45) is 5.73 Å². The van der Waals surface area contributed by atoms with Crippen LogP contribution < -0.4 is 5.73 Å². The summed E-state index contributed by atoms with van der Waals surface area (Å²) in [6.45, 7) is 3.04. The normalized spacial score (nSPS) is 25.8. The maximum atomic E-state index is 11.4. The van der Waals surface area contributed by atoms with Crippen molar-refractivity contribution in [2.75, 3.05) is 18.8 Å². The second-order valence-corrected chi connectivity index (χ2v) is 5.12. The maximum absolute atomic E-state index is 11.4. The van der Waals surface area contributed by atoms with Crippen LogP contribution in [0, 0.1) is 0 Å². The molecule has 72 valence electrons. The predicted molar refractivity (Wildman–Crippen MR) is 48.2 cm³/mol. The summed E-state index contributed by atoms with van der Waals surface area (Å²) < 4.78 is 24.3. The van der Waals surface area contributed by atoms with Gasteiger partial charge in [-0.3, -0.25) is 0 Å². The largest absolute Gasteiger partial charge is 0.329 e. The molecule has 1 saturated heterocycles. The fraction of sp³-hybridized carbons (Fsp3) is 1.00. The summed E-state index contributed by atoms with van der Waals surface area (Å²) in [5.74, 6) is 0.295. The Kier molecular flexibility index (Phi) is 3.09. The Morgan fingerprint density at radius 2 is 2.25 bits per heavy atom. The monoisotopic (exact) mass is 192 g/mol. The highest BCUT2D eigenvalue weighted by Gasteiger charge is 2.32. The van der Waals surface area contributed by atoms with Crippen LogP contribution in [0.5, 0.6) is 0 Å². The Balaban J connectivity index is 2.74. The van der Waals surface area contributed by atoms with Crippen LogP contribution >= 0.6 is 0 Å². The number of sulfonamides is 1. The minimum absolute atomic E-state index is 0.0116. The number of hydrogen-bond acceptors (Lipinski definition) is 3. The molecule has 1 aliphatic heterocycles. The van der Waals surface area contributed by atoms with E-state index in [0.29, 0.717) is 18.8 Å². The van der Waals surface area contributed by atoms with Crippen molar-refractivity contribution in [1.82, 2.24) is 4.31 Å². The molecule has 0 bridgehead atoms. The summed E-state index contributed by atoms with van der Waals surface area (Å²) in [6.07, 6.45) is 1.55. The van der Waals surface area contributed by atoms with Gasteiger partial charge in [-0.15, -0.1) is 0 Å². The third kappa shape index (κ3) is 1.78. The van der Waals surface area contributed by atoms with E-state index < -0.39 is 10.0 Å². The molecule has 12 heavy (non-hydrogen) atoms. The molecule has 4 nitrogen and oxygen atoms in total. The quantitative estimate of drug-likeness (QED) is 0.671. The summed E-state index contributed by atoms with van der Waals surface area (Å²) >= 11 is 0. The molecule has 0 aromatic heterocycles. The van der Waals surface area contributed by atoms with Crippen molar-refractivity contribution in [2.45, 2.75) is 25.8 Å². The molecule has 0 saturated carbocycles. The standard InChI is InChI=1S/C7H16N2O2S/c1-2-7(6-8)9-4-3-5-12(9,10)11/h7H,2-6,8H2,1H3. The second kappa shape index (κ2) is 3.72. The van der Waals surface area contributed by atoms with Gasteiger partial charge >= 0.3 is 0 Å². The molecular weight excluding hydrogens is 176 g/mol. The van der Waals surface area contributed by atoms with Crippen LogP contribution in [0.4, 0.5) is 0 Å². The lowest BCUT2D eigenvalue weighted by atomic mass is 10.2. The van der Waals surface area contributed by atoms with E-state index in [1.165, 1.54) is 0 Å². The third-order valence-electron chi connectivity index (χ3n) is 2.29. The van der Waals surface area contributed by atoms with Crippen LogP contribution in [0.2, 0.25) is 0 Å². The first-order valence-electron chi connectivity index (χ1n) is 4.31. The van der Waals surface area contributed by atoms with E-state index >= 15 is 0 Å². The van der Waals surface area contributed by atoms with Crippen LogP contribution in [0.25, 0.3) is 0 Å². The molecule has 1 fully saturated rings. The summed E-state index contributed by atoms with van der Waals surface area (Å²) in [5, 5.41) is 0. The summed E-state index contributed by atoms with van der Waals surface area (Å²) in [6, 6.07) is 0.0116. The summed E-state index contributed by atoms with van der Waals surface area (Å²) in [4.78, 5) is 0. The third-order valence-corrected chi connectivity index (χ3v) is 4.29. The van der Waals surface area contributed by atoms with Gasteiger partial charge in [0.25, 0.3) is 0 Å². The number of nitrogens with two attached hydrogens (primary N) is 1. The molecule has 1 aliphatic rings. The van der Waals surface area contributed by atoms with Gasteiger partial charge in [-0.25, -0.2) is 8.42 Å². The Morgan fingerprint density at radius 3 is 2.58 bits per heavy atom. The van der Waals surface area contributed by atoms with Crippen LogP contribution in [-0.4, -0.2) is 37.6 Å². The van der Waals surface area contributed by atoms with Crippen molar-refractivity contribution in [3.05, 3.63) is 0 Å². The van der Waals surface area contributed by atoms with E-state index in [1.54, 1.807) is 4.31 Å². The Bertz CT molecular complexity index is 234. The van der Waals surface area contributed by atoms with Gasteiger partial charge in [0.15, 0.2) is 0 Å². The molecule has 1 heterocycles. The highest BCUT2D eigenvalue weighted by Crippen LogP contribution is 2.17. The molecule has 0 aromatic rings. The molecular formula is C7H16N2O2S. The average Bonchev–Trinajstić information content (AvgIpc) is 2.34. The lowest BCUT2D eigenvalue weighted by molar-refractivity contribution is 0.338. The highest BCUT2D eigenvalue weighted by molar-refractivity contribution is 7.89. The van der Waals surface area contributed by atoms with E-state index in [2.05, 4.69) is 0 Å². The van der Waals surface area contributed by atoms with Crippen molar-refractivity contribution in [1.29, 1.82) is 0 Å². The van der Waals surface area contributed by atoms with Gasteiger partial charge in [0, 0.05) is 19.1 Å². The molecule has 0 aliphatic carbocycles. The van der Waals surface area contributed by atoms with Crippen molar-refractivity contribution in [3.63, 3.8) is 0 Å². The molecule has 1 atom stereocenters. The zero-order valence-corrected chi connectivity index (χ0v) is 8.18. The molecule has 5 heteroatoms. The fourth-order valence-corrected chi connectivity index (χ4v) is 3.38. The maximum Gasteiger partial charge on any atom is 0.214 e. The minimum atomic E-state index is -2.96. The molecule has 1 unspecified atom stereocenters. The first-order valence-corrected chi connectivity index (χ1v) is 5.92. The molecule has 0 spiro atoms. The number of rotatable bonds is 3. The first kappa shape index (κ1) is 9.95. The Morgan fingerprint density at radius 1 is 1.58 bits per heavy atom. The van der Waals surface area contributed by atoms with Gasteiger partial charge in [-0.2, -0.15) is 4.31 Å². The fourth-order valence-electron chi connectivity index (χ4n) is 1.56. The van der Waals surface area contributed by atoms with E-state index in [1.807, 2.05) is 6.92 Å². The molecule has 0 amide bonds. The second-order valence-electron chi connectivity index (χ2n) is 3.08. The highest BCUT2D eigenvalue weighted by atomic mass is 32.2. The Labute approximate surface area is 73.8 Å². The SMILES string of the molecule is CCC(CN)N1CCCS1(=O)=O. The van der Waals surface area contributed by atoms with Crippen molar-refractivity contribution < 1.29 is 8.42 Å². The van der Waals surface area contributed by atoms with Crippen molar-refractivity contribution in [3.8, 4) is 0 Å². The molecule has 1 rings (SSSR count). The molecule has 2 N–H and O–H groups in total. The number of hydrogen-bond donors (Lipinski definition) is 1. The molecule has 0 radical (unpaired) electrons. The van der Waals surface area contributed by atoms with E-state index in [-0.39, 0.29) is 6.04 Å². The van der Waals surface area contributed by atoms with Gasteiger partial charge in [0.2, 0.25) is 10.0 Å². The van der Waals surface area contributed by atoms with E-state index in [4.69, 9.17) is 5.73 Å². The lowest BCUT2D eigenvalue weighted by Crippen LogP contribution is -2.41. The van der Waals surface area contributed by atoms with E-state index in [0.717, 1.165) is 12.8 Å². The van der Waals surface area contributed by atoms with Crippen LogP contribution in [-0.2, 0) is 10.0 Å².